The highest BCUT2D eigenvalue weighted by Crippen LogP contribution is 1.85. The molecule has 0 aromatic rings. The van der Waals surface area contributed by atoms with Crippen molar-refractivity contribution in [2.45, 2.75) is 12.8 Å². The van der Waals surface area contributed by atoms with Crippen LogP contribution >= 0.6 is 0 Å². The molecule has 0 radical (unpaired) electrons. The molecule has 0 amide bonds. The Morgan fingerprint density at radius 3 is 1.36 bits per heavy atom. The highest BCUT2D eigenvalue weighted by atomic mass is 16.4. The van der Waals surface area contributed by atoms with Crippen molar-refractivity contribution >= 4 is 18.4 Å². The normalized spacial score (nSPS) is 7.27. The van der Waals surface area contributed by atoms with Crippen LogP contribution in [0, 0.1) is 0 Å². The minimum Gasteiger partial charge on any atom is -0.483 e. The summed E-state index contributed by atoms with van der Waals surface area (Å²) in [5, 5.41) is 22.7. The van der Waals surface area contributed by atoms with Gasteiger partial charge in [-0.3, -0.25) is 14.4 Å². The van der Waals surface area contributed by atoms with Crippen molar-refractivity contribution in [1.29, 1.82) is 0 Å². The molecule has 0 saturated heterocycles. The predicted molar refractivity (Wildman–Crippen MR) is 33.2 cm³/mol. The lowest BCUT2D eigenvalue weighted by Crippen LogP contribution is -2.00. The third kappa shape index (κ3) is 29.7. The fourth-order valence-electron chi connectivity index (χ4n) is 0.214. The summed E-state index contributed by atoms with van der Waals surface area (Å²) in [6.45, 7) is -0.250. The predicted octanol–water partition coefficient (Wildman–Crippen LogP) is -0.363. The first-order valence-corrected chi connectivity index (χ1v) is 2.56. The number of hydrogen-bond donors (Lipinski definition) is 3. The molecule has 0 rings (SSSR count). The van der Waals surface area contributed by atoms with Crippen LogP contribution < -0.4 is 0 Å². The van der Waals surface area contributed by atoms with Crippen LogP contribution in [-0.4, -0.2) is 33.7 Å². The van der Waals surface area contributed by atoms with Gasteiger partial charge in [0.2, 0.25) is 0 Å². The summed E-state index contributed by atoms with van der Waals surface area (Å²) in [5.74, 6) is -2.15. The number of rotatable bonds is 3. The van der Waals surface area contributed by atoms with Gasteiger partial charge in [0, 0.05) is 0 Å². The summed E-state index contributed by atoms with van der Waals surface area (Å²) in [6, 6.07) is 0. The molecule has 11 heavy (non-hydrogen) atoms. The van der Waals surface area contributed by atoms with E-state index in [1.165, 1.54) is 0 Å². The van der Waals surface area contributed by atoms with E-state index in [4.69, 9.17) is 20.1 Å². The molecule has 6 heteroatoms. The van der Waals surface area contributed by atoms with Gasteiger partial charge in [-0.05, 0) is 0 Å². The van der Waals surface area contributed by atoms with Crippen LogP contribution in [0.15, 0.2) is 0 Å². The molecule has 0 aromatic heterocycles. The fraction of sp³-hybridized carbons (Fsp3) is 0.400. The first-order chi connectivity index (χ1) is 5.04. The zero-order valence-corrected chi connectivity index (χ0v) is 5.56. The zero-order valence-electron chi connectivity index (χ0n) is 5.56. The minimum absolute atomic E-state index is 0.250. The van der Waals surface area contributed by atoms with Gasteiger partial charge in [-0.2, -0.15) is 0 Å². The molecule has 6 nitrogen and oxygen atoms in total. The molecule has 0 spiro atoms. The third-order valence-electron chi connectivity index (χ3n) is 0.553. The zero-order chi connectivity index (χ0) is 9.28. The average Bonchev–Trinajstić information content (AvgIpc) is 1.85. The fourth-order valence-corrected chi connectivity index (χ4v) is 0.214. The van der Waals surface area contributed by atoms with Gasteiger partial charge >= 0.3 is 11.9 Å². The van der Waals surface area contributed by atoms with E-state index in [0.717, 1.165) is 0 Å². The van der Waals surface area contributed by atoms with Crippen molar-refractivity contribution in [1.82, 2.24) is 0 Å². The monoisotopic (exact) mass is 164 g/mol. The molecule has 0 aliphatic rings. The van der Waals surface area contributed by atoms with Crippen LogP contribution in [0.25, 0.3) is 0 Å². The maximum absolute atomic E-state index is 9.64. The quantitative estimate of drug-likeness (QED) is 0.491. The van der Waals surface area contributed by atoms with Gasteiger partial charge in [0.25, 0.3) is 6.47 Å². The van der Waals surface area contributed by atoms with E-state index in [0.29, 0.717) is 0 Å². The summed E-state index contributed by atoms with van der Waals surface area (Å²) < 4.78 is 0. The highest BCUT2D eigenvalue weighted by molar-refractivity contribution is 5.75. The summed E-state index contributed by atoms with van der Waals surface area (Å²) in [7, 11) is 0. The Kier molecular flexibility index (Phi) is 9.27. The van der Waals surface area contributed by atoms with Gasteiger partial charge in [-0.25, -0.2) is 0 Å². The van der Waals surface area contributed by atoms with Crippen molar-refractivity contribution in [3.05, 3.63) is 0 Å². The van der Waals surface area contributed by atoms with E-state index in [9.17, 15) is 9.59 Å². The number of carboxylic acids is 2. The topological polar surface area (TPSA) is 112 Å². The molecule has 0 atom stereocenters. The molecule has 0 unspecified atom stereocenters. The van der Waals surface area contributed by atoms with Crippen molar-refractivity contribution in [3.63, 3.8) is 0 Å². The first-order valence-electron chi connectivity index (χ1n) is 2.56. The van der Waals surface area contributed by atoms with Crippen molar-refractivity contribution in [2.24, 2.45) is 0 Å². The highest BCUT2D eigenvalue weighted by Gasteiger charge is 2.00. The van der Waals surface area contributed by atoms with E-state index < -0.39 is 11.9 Å². The van der Waals surface area contributed by atoms with Crippen LogP contribution in [0.1, 0.15) is 12.8 Å². The first kappa shape index (κ1) is 12.1. The number of aliphatic carboxylic acids is 2. The molecular weight excluding hydrogens is 156 g/mol. The van der Waals surface area contributed by atoms with Crippen LogP contribution in [0.5, 0.6) is 0 Å². The molecule has 0 aliphatic carbocycles. The molecular formula is C5H8O6. The Morgan fingerprint density at radius 2 is 1.27 bits per heavy atom. The summed E-state index contributed by atoms with van der Waals surface area (Å²) in [4.78, 5) is 27.6. The second kappa shape index (κ2) is 8.41. The van der Waals surface area contributed by atoms with Crippen molar-refractivity contribution in [3.8, 4) is 0 Å². The third-order valence-corrected chi connectivity index (χ3v) is 0.553. The summed E-state index contributed by atoms with van der Waals surface area (Å²) in [5.41, 5.74) is 0. The lowest BCUT2D eigenvalue weighted by atomic mass is 10.3. The van der Waals surface area contributed by atoms with Gasteiger partial charge in [-0.15, -0.1) is 0 Å². The Labute approximate surface area is 62.1 Å². The average molecular weight is 164 g/mol. The SMILES string of the molecule is O=C(O)CCC(=O)O.O=CO. The number of carboxylic acid groups (broad SMARTS) is 3. The maximum atomic E-state index is 9.64. The number of hydrogen-bond acceptors (Lipinski definition) is 3. The van der Waals surface area contributed by atoms with Gasteiger partial charge in [0.1, 0.15) is 0 Å². The van der Waals surface area contributed by atoms with E-state index >= 15 is 0 Å². The largest absolute Gasteiger partial charge is 0.483 e. The van der Waals surface area contributed by atoms with Crippen LogP contribution in [0.2, 0.25) is 0 Å². The van der Waals surface area contributed by atoms with Gasteiger partial charge in [0.05, 0.1) is 12.8 Å². The van der Waals surface area contributed by atoms with Crippen molar-refractivity contribution in [2.75, 3.05) is 0 Å². The minimum atomic E-state index is -1.08. The van der Waals surface area contributed by atoms with Crippen LogP contribution in [-0.2, 0) is 14.4 Å². The number of carbonyl (C=O) groups is 3. The summed E-state index contributed by atoms with van der Waals surface area (Å²) >= 11 is 0. The Balaban J connectivity index is 0. The van der Waals surface area contributed by atoms with E-state index in [2.05, 4.69) is 0 Å². The van der Waals surface area contributed by atoms with E-state index in [-0.39, 0.29) is 19.3 Å². The van der Waals surface area contributed by atoms with Gasteiger partial charge in [-0.1, -0.05) is 0 Å². The van der Waals surface area contributed by atoms with Gasteiger partial charge < -0.3 is 15.3 Å². The Bertz CT molecular complexity index is 126. The Hall–Kier alpha value is -1.59. The molecule has 0 saturated carbocycles. The maximum Gasteiger partial charge on any atom is 0.303 e. The second-order valence-electron chi connectivity index (χ2n) is 1.39. The van der Waals surface area contributed by atoms with Crippen LogP contribution in [0.4, 0.5) is 0 Å². The molecule has 64 valence electrons. The van der Waals surface area contributed by atoms with E-state index in [1.807, 2.05) is 0 Å². The molecule has 3 N–H and O–H groups in total. The molecule has 0 aliphatic heterocycles. The lowest BCUT2D eigenvalue weighted by Gasteiger charge is -1.85. The summed E-state index contributed by atoms with van der Waals surface area (Å²) in [6.07, 6.45) is -0.593. The lowest BCUT2D eigenvalue weighted by molar-refractivity contribution is -0.143. The standard InChI is InChI=1S/C4H6O4.CH2O2/c5-3(6)1-2-4(7)8;2-1-3/h1-2H2,(H,5,6)(H,7,8);1H,(H,2,3). The van der Waals surface area contributed by atoms with Gasteiger partial charge in [0.15, 0.2) is 0 Å². The van der Waals surface area contributed by atoms with Crippen molar-refractivity contribution < 1.29 is 29.7 Å². The molecule has 0 bridgehead atoms. The molecule has 0 aromatic carbocycles. The molecule has 0 heterocycles. The Morgan fingerprint density at radius 1 is 1.09 bits per heavy atom. The second-order valence-corrected chi connectivity index (χ2v) is 1.39. The van der Waals surface area contributed by atoms with Crippen LogP contribution in [0.3, 0.4) is 0 Å². The smallest absolute Gasteiger partial charge is 0.303 e. The van der Waals surface area contributed by atoms with E-state index in [1.54, 1.807) is 0 Å². The molecule has 0 fully saturated rings.